The van der Waals surface area contributed by atoms with Crippen LogP contribution in [0.15, 0.2) is 70.8 Å². The van der Waals surface area contributed by atoms with Crippen LogP contribution in [0.4, 0.5) is 19.0 Å². The standard InChI is InChI=1S/C23H16F3N3O4S/c24-23(25,26)18-5-1-14(2-6-18)17-11-16-9-10-29(22(16)27-13-17)34(31,32)19-7-3-15(4-8-19)20-12-21(30)33-28-20/h1-8,11,13H,9-10,12H2. The molecule has 0 amide bonds. The van der Waals surface area contributed by atoms with Crippen molar-refractivity contribution in [1.29, 1.82) is 0 Å². The Morgan fingerprint density at radius 2 is 1.62 bits per heavy atom. The summed E-state index contributed by atoms with van der Waals surface area (Å²) in [6.07, 6.45) is -2.52. The molecule has 3 heterocycles. The number of anilines is 1. The van der Waals surface area contributed by atoms with Crippen molar-refractivity contribution in [2.75, 3.05) is 10.8 Å². The summed E-state index contributed by atoms with van der Waals surface area (Å²) in [7, 11) is -3.89. The summed E-state index contributed by atoms with van der Waals surface area (Å²) < 4.78 is 66.1. The predicted octanol–water partition coefficient (Wildman–Crippen LogP) is 4.17. The zero-order valence-corrected chi connectivity index (χ0v) is 18.2. The molecule has 5 rings (SSSR count). The van der Waals surface area contributed by atoms with Crippen LogP contribution in [0.25, 0.3) is 11.1 Å². The number of rotatable bonds is 4. The maximum atomic E-state index is 13.2. The molecule has 0 unspecified atom stereocenters. The Kier molecular flexibility index (Phi) is 5.16. The second-order valence-corrected chi connectivity index (χ2v) is 9.67. The molecule has 0 spiro atoms. The molecule has 7 nitrogen and oxygen atoms in total. The molecule has 0 N–H and O–H groups in total. The maximum absolute atomic E-state index is 13.2. The quantitative estimate of drug-likeness (QED) is 0.516. The molecule has 0 radical (unpaired) electrons. The second kappa shape index (κ2) is 7.94. The average Bonchev–Trinajstić information content (AvgIpc) is 3.45. The highest BCUT2D eigenvalue weighted by molar-refractivity contribution is 7.92. The van der Waals surface area contributed by atoms with Crippen molar-refractivity contribution >= 4 is 27.5 Å². The summed E-state index contributed by atoms with van der Waals surface area (Å²) >= 11 is 0. The predicted molar refractivity (Wildman–Crippen MR) is 117 cm³/mol. The number of carbonyl (C=O) groups excluding carboxylic acids is 1. The average molecular weight is 487 g/mol. The number of nitrogens with zero attached hydrogens (tertiary/aromatic N) is 3. The molecule has 0 saturated carbocycles. The lowest BCUT2D eigenvalue weighted by Gasteiger charge is -2.19. The first-order valence-electron chi connectivity index (χ1n) is 10.2. The van der Waals surface area contributed by atoms with E-state index in [0.29, 0.717) is 40.2 Å². The fraction of sp³-hybridized carbons (Fsp3) is 0.174. The van der Waals surface area contributed by atoms with Crippen molar-refractivity contribution in [3.8, 4) is 11.1 Å². The molecule has 1 aromatic heterocycles. The van der Waals surface area contributed by atoms with Crippen LogP contribution < -0.4 is 4.31 Å². The third-order valence-corrected chi connectivity index (χ3v) is 7.46. The number of alkyl halides is 3. The van der Waals surface area contributed by atoms with Crippen molar-refractivity contribution in [2.24, 2.45) is 5.16 Å². The van der Waals surface area contributed by atoms with Crippen LogP contribution in [0, 0.1) is 0 Å². The lowest BCUT2D eigenvalue weighted by atomic mass is 10.0. The van der Waals surface area contributed by atoms with E-state index in [1.165, 1.54) is 34.8 Å². The van der Waals surface area contributed by atoms with E-state index in [-0.39, 0.29) is 17.9 Å². The molecule has 3 aromatic rings. The zero-order valence-electron chi connectivity index (χ0n) is 17.4. The molecule has 174 valence electrons. The molecule has 11 heteroatoms. The van der Waals surface area contributed by atoms with Crippen molar-refractivity contribution in [3.05, 3.63) is 77.5 Å². The highest BCUT2D eigenvalue weighted by atomic mass is 32.2. The molecule has 2 aromatic carbocycles. The molecule has 0 saturated heterocycles. The summed E-state index contributed by atoms with van der Waals surface area (Å²) in [6, 6.07) is 12.5. The lowest BCUT2D eigenvalue weighted by Crippen LogP contribution is -2.29. The first-order valence-corrected chi connectivity index (χ1v) is 11.6. The van der Waals surface area contributed by atoms with E-state index in [1.54, 1.807) is 18.2 Å². The number of halogens is 3. The highest BCUT2D eigenvalue weighted by Gasteiger charge is 2.33. The maximum Gasteiger partial charge on any atom is 0.416 e. The lowest BCUT2D eigenvalue weighted by molar-refractivity contribution is -0.140. The van der Waals surface area contributed by atoms with Gasteiger partial charge < -0.3 is 4.84 Å². The largest absolute Gasteiger partial charge is 0.416 e. The zero-order chi connectivity index (χ0) is 24.1. The molecular weight excluding hydrogens is 471 g/mol. The third kappa shape index (κ3) is 3.92. The number of aromatic nitrogens is 1. The fourth-order valence-corrected chi connectivity index (χ4v) is 5.35. The Morgan fingerprint density at radius 3 is 2.24 bits per heavy atom. The van der Waals surface area contributed by atoms with Crippen LogP contribution in [0.3, 0.4) is 0 Å². The monoisotopic (exact) mass is 487 g/mol. The van der Waals surface area contributed by atoms with E-state index in [1.807, 2.05) is 0 Å². The first kappa shape index (κ1) is 22.1. The normalized spacial score (nSPS) is 15.8. The van der Waals surface area contributed by atoms with Crippen molar-refractivity contribution in [2.45, 2.75) is 23.9 Å². The number of benzene rings is 2. The fourth-order valence-electron chi connectivity index (χ4n) is 3.89. The summed E-state index contributed by atoms with van der Waals surface area (Å²) in [5.41, 5.74) is 2.12. The van der Waals surface area contributed by atoms with Crippen LogP contribution >= 0.6 is 0 Å². The van der Waals surface area contributed by atoms with Crippen LogP contribution in [0.1, 0.15) is 23.1 Å². The van der Waals surface area contributed by atoms with E-state index in [4.69, 9.17) is 0 Å². The molecule has 0 atom stereocenters. The molecule has 34 heavy (non-hydrogen) atoms. The molecular formula is C23H16F3N3O4S. The Labute approximate surface area is 192 Å². The molecule has 0 aliphatic carbocycles. The highest BCUT2D eigenvalue weighted by Crippen LogP contribution is 2.35. The van der Waals surface area contributed by atoms with Gasteiger partial charge in [0, 0.05) is 23.9 Å². The van der Waals surface area contributed by atoms with Gasteiger partial charge in [-0.05, 0) is 47.9 Å². The van der Waals surface area contributed by atoms with Crippen molar-refractivity contribution < 1.29 is 31.2 Å². The van der Waals surface area contributed by atoms with Gasteiger partial charge in [0.15, 0.2) is 0 Å². The van der Waals surface area contributed by atoms with Gasteiger partial charge >= 0.3 is 12.1 Å². The minimum absolute atomic E-state index is 0.0246. The SMILES string of the molecule is O=C1CC(c2ccc(S(=O)(=O)N3CCc4cc(-c5ccc(C(F)(F)F)cc5)cnc43)cc2)=NO1. The number of carbonyl (C=O) groups is 1. The number of hydrogen-bond donors (Lipinski definition) is 0. The van der Waals surface area contributed by atoms with Gasteiger partial charge in [-0.15, -0.1) is 0 Å². The molecule has 2 aliphatic rings. The number of pyridine rings is 1. The first-order chi connectivity index (χ1) is 16.1. The van der Waals surface area contributed by atoms with E-state index >= 15 is 0 Å². The van der Waals surface area contributed by atoms with Gasteiger partial charge in [0.2, 0.25) is 0 Å². The summed E-state index contributed by atoms with van der Waals surface area (Å²) in [4.78, 5) is 20.2. The van der Waals surface area contributed by atoms with E-state index in [0.717, 1.165) is 12.1 Å². The van der Waals surface area contributed by atoms with Crippen molar-refractivity contribution in [3.63, 3.8) is 0 Å². The summed E-state index contributed by atoms with van der Waals surface area (Å²) in [5.74, 6) is -0.180. The number of hydrogen-bond acceptors (Lipinski definition) is 6. The number of sulfonamides is 1. The molecule has 2 aliphatic heterocycles. The van der Waals surface area contributed by atoms with Gasteiger partial charge in [0.05, 0.1) is 22.6 Å². The van der Waals surface area contributed by atoms with Gasteiger partial charge in [-0.25, -0.2) is 22.5 Å². The smallest absolute Gasteiger partial charge is 0.318 e. The van der Waals surface area contributed by atoms with Crippen molar-refractivity contribution in [1.82, 2.24) is 4.98 Å². The van der Waals surface area contributed by atoms with Crippen LogP contribution in [-0.4, -0.2) is 31.6 Å². The second-order valence-electron chi connectivity index (χ2n) is 7.81. The Balaban J connectivity index is 1.39. The van der Waals surface area contributed by atoms with Crippen LogP contribution in [0.2, 0.25) is 0 Å². The Morgan fingerprint density at radius 1 is 0.941 bits per heavy atom. The van der Waals surface area contributed by atoms with Gasteiger partial charge in [0.1, 0.15) is 5.82 Å². The Bertz CT molecular complexity index is 1420. The Hall–Kier alpha value is -3.73. The van der Waals surface area contributed by atoms with E-state index in [9.17, 15) is 26.4 Å². The van der Waals surface area contributed by atoms with Gasteiger partial charge in [-0.3, -0.25) is 0 Å². The molecule has 0 bridgehead atoms. The van der Waals surface area contributed by atoms with Gasteiger partial charge in [0.25, 0.3) is 10.0 Å². The van der Waals surface area contributed by atoms with Crippen LogP contribution in [0.5, 0.6) is 0 Å². The topological polar surface area (TPSA) is 88.9 Å². The van der Waals surface area contributed by atoms with E-state index in [2.05, 4.69) is 15.0 Å². The summed E-state index contributed by atoms with van der Waals surface area (Å²) in [6.45, 7) is 0.192. The summed E-state index contributed by atoms with van der Waals surface area (Å²) in [5, 5.41) is 3.68. The minimum atomic E-state index is -4.42. The van der Waals surface area contributed by atoms with E-state index < -0.39 is 27.7 Å². The van der Waals surface area contributed by atoms with Crippen LogP contribution in [-0.2, 0) is 32.3 Å². The van der Waals surface area contributed by atoms with Gasteiger partial charge in [-0.1, -0.05) is 29.4 Å². The molecule has 0 fully saturated rings. The van der Waals surface area contributed by atoms with Gasteiger partial charge in [-0.2, -0.15) is 13.2 Å². The third-order valence-electron chi connectivity index (χ3n) is 5.65. The number of fused-ring (bicyclic) bond motifs is 1. The minimum Gasteiger partial charge on any atom is -0.318 e. The number of oxime groups is 1.